The number of nitrogens with zero attached hydrogens (tertiary/aromatic N) is 2. The summed E-state index contributed by atoms with van der Waals surface area (Å²) in [7, 11) is 0. The van der Waals surface area contributed by atoms with Gasteiger partial charge in [0.25, 0.3) is 0 Å². The molecular weight excluding hydrogens is 450 g/mol. The van der Waals surface area contributed by atoms with Crippen molar-refractivity contribution in [1.82, 2.24) is 9.55 Å². The van der Waals surface area contributed by atoms with E-state index in [4.69, 9.17) is 25.8 Å². The van der Waals surface area contributed by atoms with E-state index in [1.54, 1.807) is 0 Å². The first kappa shape index (κ1) is 21.3. The Morgan fingerprint density at radius 3 is 2.56 bits per heavy atom. The molecule has 1 N–H and O–H groups in total. The minimum atomic E-state index is -1.07. The van der Waals surface area contributed by atoms with Crippen LogP contribution in [0, 0.1) is 0 Å². The van der Waals surface area contributed by atoms with E-state index in [0.29, 0.717) is 0 Å². The second kappa shape index (κ2) is 8.81. The normalized spacial score (nSPS) is 24.3. The smallest absolute Gasteiger partial charge is 0.351 e. The van der Waals surface area contributed by atoms with Crippen LogP contribution in [0.1, 0.15) is 27.0 Å². The number of anilines is 1. The molecule has 1 fully saturated rings. The van der Waals surface area contributed by atoms with Crippen molar-refractivity contribution in [3.63, 3.8) is 0 Å². The molecule has 1 amide bonds. The summed E-state index contributed by atoms with van der Waals surface area (Å²) in [5.41, 5.74) is -0.780. The maximum Gasteiger partial charge on any atom is 0.351 e. The first-order valence-electron chi connectivity index (χ1n) is 7.76. The van der Waals surface area contributed by atoms with Crippen LogP contribution in [0.25, 0.3) is 0 Å². The molecular formula is C15H17BrClN3O7. The molecule has 2 rings (SSSR count). The molecule has 2 heterocycles. The highest BCUT2D eigenvalue weighted by molar-refractivity contribution is 9.09. The van der Waals surface area contributed by atoms with Crippen LogP contribution < -0.4 is 11.0 Å². The van der Waals surface area contributed by atoms with Crippen molar-refractivity contribution in [1.29, 1.82) is 0 Å². The molecule has 0 aromatic carbocycles. The van der Waals surface area contributed by atoms with Crippen LogP contribution in [-0.4, -0.2) is 51.0 Å². The van der Waals surface area contributed by atoms with Gasteiger partial charge in [-0.05, 0) is 0 Å². The Balaban J connectivity index is 2.36. The number of amides is 1. The van der Waals surface area contributed by atoms with Crippen LogP contribution in [0.5, 0.6) is 0 Å². The first-order valence-corrected chi connectivity index (χ1v) is 9.06. The topological polar surface area (TPSA) is 126 Å². The van der Waals surface area contributed by atoms with Crippen LogP contribution in [0.15, 0.2) is 11.0 Å². The molecule has 0 unspecified atom stereocenters. The van der Waals surface area contributed by atoms with Gasteiger partial charge in [0.05, 0.1) is 9.85 Å². The van der Waals surface area contributed by atoms with Gasteiger partial charge < -0.3 is 19.5 Å². The predicted octanol–water partition coefficient (Wildman–Crippen LogP) is 1.01. The zero-order chi connectivity index (χ0) is 20.3. The lowest BCUT2D eigenvalue weighted by atomic mass is 10.2. The quantitative estimate of drug-likeness (QED) is 0.503. The van der Waals surface area contributed by atoms with Gasteiger partial charge in [-0.2, -0.15) is 4.98 Å². The molecule has 1 aliphatic rings. The summed E-state index contributed by atoms with van der Waals surface area (Å²) >= 11 is 9.43. The Morgan fingerprint density at radius 1 is 1.33 bits per heavy atom. The molecule has 0 bridgehead atoms. The maximum atomic E-state index is 12.4. The van der Waals surface area contributed by atoms with Gasteiger partial charge in [-0.25, -0.2) is 4.79 Å². The van der Waals surface area contributed by atoms with Gasteiger partial charge in [0, 0.05) is 27.0 Å². The fourth-order valence-electron chi connectivity index (χ4n) is 2.45. The number of halogens is 2. The third-order valence-electron chi connectivity index (χ3n) is 3.49. The Morgan fingerprint density at radius 2 is 2.00 bits per heavy atom. The summed E-state index contributed by atoms with van der Waals surface area (Å²) in [4.78, 5) is 49.2. The number of carbonyl (C=O) groups excluding carboxylic acids is 3. The largest absolute Gasteiger partial charge is 0.463 e. The standard InChI is InChI=1S/C15H17BrClN3O7/c1-6(21)18-13-9(17)4-20(15(24)19-13)14-12(26-8(3)23)11(16)10(27-14)5-25-7(2)22/h4,10-12,14H,5H2,1-3H3,(H,18,19,21,24)/t10-,11+,12-,14-/m1/s1. The summed E-state index contributed by atoms with van der Waals surface area (Å²) in [6.45, 7) is 3.59. The van der Waals surface area contributed by atoms with Crippen LogP contribution in [0.2, 0.25) is 5.02 Å². The molecule has 10 nitrogen and oxygen atoms in total. The molecule has 0 spiro atoms. The summed E-state index contributed by atoms with van der Waals surface area (Å²) in [5.74, 6) is -1.64. The Hall–Kier alpha value is -1.98. The molecule has 148 valence electrons. The average molecular weight is 467 g/mol. The van der Waals surface area contributed by atoms with E-state index in [2.05, 4.69) is 26.2 Å². The van der Waals surface area contributed by atoms with Gasteiger partial charge in [0.15, 0.2) is 18.1 Å². The highest BCUT2D eigenvalue weighted by Crippen LogP contribution is 2.36. The maximum absolute atomic E-state index is 12.4. The summed E-state index contributed by atoms with van der Waals surface area (Å²) in [5, 5.41) is 2.33. The molecule has 0 aliphatic carbocycles. The van der Waals surface area contributed by atoms with Crippen molar-refractivity contribution < 1.29 is 28.6 Å². The van der Waals surface area contributed by atoms with E-state index >= 15 is 0 Å². The highest BCUT2D eigenvalue weighted by Gasteiger charge is 2.47. The lowest BCUT2D eigenvalue weighted by Gasteiger charge is -2.21. The second-order valence-electron chi connectivity index (χ2n) is 5.69. The van der Waals surface area contributed by atoms with Gasteiger partial charge in [0.2, 0.25) is 5.91 Å². The number of aromatic nitrogens is 2. The molecule has 0 saturated carbocycles. The lowest BCUT2D eigenvalue weighted by molar-refractivity contribution is -0.153. The third kappa shape index (κ3) is 5.27. The molecule has 12 heteroatoms. The van der Waals surface area contributed by atoms with Gasteiger partial charge in [0.1, 0.15) is 12.7 Å². The molecule has 1 aromatic heterocycles. The Labute approximate surface area is 167 Å². The lowest BCUT2D eigenvalue weighted by Crippen LogP contribution is -2.37. The van der Waals surface area contributed by atoms with Crippen molar-refractivity contribution in [3.05, 3.63) is 21.7 Å². The number of hydrogen-bond acceptors (Lipinski definition) is 8. The van der Waals surface area contributed by atoms with E-state index < -0.39 is 46.8 Å². The van der Waals surface area contributed by atoms with Gasteiger partial charge in [-0.3, -0.25) is 19.0 Å². The monoisotopic (exact) mass is 465 g/mol. The fraction of sp³-hybridized carbons (Fsp3) is 0.533. The van der Waals surface area contributed by atoms with Crippen LogP contribution in [0.4, 0.5) is 5.82 Å². The third-order valence-corrected chi connectivity index (χ3v) is 4.88. The number of nitrogens with one attached hydrogen (secondary N) is 1. The molecule has 4 atom stereocenters. The summed E-state index contributed by atoms with van der Waals surface area (Å²) in [6, 6.07) is 0. The van der Waals surface area contributed by atoms with Crippen LogP contribution >= 0.6 is 27.5 Å². The van der Waals surface area contributed by atoms with E-state index in [1.165, 1.54) is 27.0 Å². The van der Waals surface area contributed by atoms with Crippen LogP contribution in [-0.2, 0) is 28.6 Å². The number of rotatable bonds is 5. The number of carbonyl (C=O) groups is 3. The van der Waals surface area contributed by atoms with E-state index in [0.717, 1.165) is 4.57 Å². The molecule has 0 radical (unpaired) electrons. The number of esters is 2. The molecule has 1 saturated heterocycles. The van der Waals surface area contributed by atoms with Crippen molar-refractivity contribution in [2.75, 3.05) is 11.9 Å². The molecule has 1 aromatic rings. The summed E-state index contributed by atoms with van der Waals surface area (Å²) < 4.78 is 17.0. The Kier molecular flexibility index (Phi) is 6.95. The fourth-order valence-corrected chi connectivity index (χ4v) is 3.29. The van der Waals surface area contributed by atoms with E-state index in [1.807, 2.05) is 0 Å². The number of hydrogen-bond donors (Lipinski definition) is 1. The van der Waals surface area contributed by atoms with Crippen molar-refractivity contribution in [3.8, 4) is 0 Å². The number of ether oxygens (including phenoxy) is 3. The minimum Gasteiger partial charge on any atom is -0.463 e. The van der Waals surface area contributed by atoms with Crippen molar-refractivity contribution >= 4 is 51.2 Å². The van der Waals surface area contributed by atoms with Crippen LogP contribution in [0.3, 0.4) is 0 Å². The van der Waals surface area contributed by atoms with Gasteiger partial charge >= 0.3 is 17.6 Å². The summed E-state index contributed by atoms with van der Waals surface area (Å²) in [6.07, 6.45) is -1.45. The van der Waals surface area contributed by atoms with Gasteiger partial charge in [-0.15, -0.1) is 0 Å². The molecule has 27 heavy (non-hydrogen) atoms. The second-order valence-corrected chi connectivity index (χ2v) is 7.16. The zero-order valence-electron chi connectivity index (χ0n) is 14.6. The molecule has 1 aliphatic heterocycles. The van der Waals surface area contributed by atoms with E-state index in [-0.39, 0.29) is 17.4 Å². The van der Waals surface area contributed by atoms with Crippen molar-refractivity contribution in [2.24, 2.45) is 0 Å². The van der Waals surface area contributed by atoms with E-state index in [9.17, 15) is 19.2 Å². The van der Waals surface area contributed by atoms with Gasteiger partial charge in [-0.1, -0.05) is 27.5 Å². The zero-order valence-corrected chi connectivity index (χ0v) is 16.9. The predicted molar refractivity (Wildman–Crippen MR) is 96.6 cm³/mol. The Bertz CT molecular complexity index is 815. The average Bonchev–Trinajstić information content (AvgIpc) is 2.84. The first-order chi connectivity index (χ1) is 12.6. The number of alkyl halides is 1. The highest BCUT2D eigenvalue weighted by atomic mass is 79.9. The van der Waals surface area contributed by atoms with Crippen molar-refractivity contribution in [2.45, 2.75) is 44.0 Å². The minimum absolute atomic E-state index is 0.00969. The SMILES string of the molecule is CC(=O)Nc1nc(=O)n([C@@H]2O[C@H](COC(C)=O)[C@H](Br)[C@H]2OC(C)=O)cc1Cl.